The monoisotopic (exact) mass is 402 g/mol. The van der Waals surface area contributed by atoms with Crippen LogP contribution in [0.15, 0.2) is 83.0 Å². The SMILES string of the molecule is CC(=NNC(=O)c1ccc(NN=C(C)c2ccc(O)cc2)cc1)c1ccc(O)cc1. The summed E-state index contributed by atoms with van der Waals surface area (Å²) in [6.45, 7) is 3.63. The largest absolute Gasteiger partial charge is 0.508 e. The molecule has 0 spiro atoms. The number of benzene rings is 3. The average Bonchev–Trinajstić information content (AvgIpc) is 2.77. The van der Waals surface area contributed by atoms with E-state index in [0.717, 1.165) is 22.5 Å². The lowest BCUT2D eigenvalue weighted by Crippen LogP contribution is -2.19. The Labute approximate surface area is 174 Å². The first-order valence-corrected chi connectivity index (χ1v) is 9.26. The highest BCUT2D eigenvalue weighted by molar-refractivity contribution is 6.01. The molecule has 152 valence electrons. The first-order chi connectivity index (χ1) is 14.4. The van der Waals surface area contributed by atoms with E-state index in [2.05, 4.69) is 21.1 Å². The summed E-state index contributed by atoms with van der Waals surface area (Å²) in [4.78, 5) is 12.3. The molecule has 0 atom stereocenters. The van der Waals surface area contributed by atoms with Crippen LogP contribution in [0.1, 0.15) is 35.3 Å². The summed E-state index contributed by atoms with van der Waals surface area (Å²) in [5.74, 6) is 0.0475. The number of carbonyl (C=O) groups is 1. The lowest BCUT2D eigenvalue weighted by atomic mass is 10.1. The summed E-state index contributed by atoms with van der Waals surface area (Å²) < 4.78 is 0. The molecule has 0 aliphatic rings. The Morgan fingerprint density at radius 2 is 1.10 bits per heavy atom. The van der Waals surface area contributed by atoms with Crippen LogP contribution < -0.4 is 10.9 Å². The van der Waals surface area contributed by atoms with Gasteiger partial charge in [-0.2, -0.15) is 10.2 Å². The maximum atomic E-state index is 12.3. The van der Waals surface area contributed by atoms with Crippen LogP contribution in [-0.4, -0.2) is 27.5 Å². The first-order valence-electron chi connectivity index (χ1n) is 9.26. The zero-order valence-electron chi connectivity index (χ0n) is 16.6. The van der Waals surface area contributed by atoms with Gasteiger partial charge in [0.05, 0.1) is 17.1 Å². The van der Waals surface area contributed by atoms with Crippen LogP contribution in [0.5, 0.6) is 11.5 Å². The van der Waals surface area contributed by atoms with Crippen LogP contribution in [-0.2, 0) is 0 Å². The van der Waals surface area contributed by atoms with Crippen molar-refractivity contribution in [3.8, 4) is 11.5 Å². The molecule has 3 aromatic carbocycles. The van der Waals surface area contributed by atoms with Crippen LogP contribution >= 0.6 is 0 Å². The van der Waals surface area contributed by atoms with Crippen molar-refractivity contribution in [2.24, 2.45) is 10.2 Å². The van der Waals surface area contributed by atoms with Gasteiger partial charge in [0, 0.05) is 5.56 Å². The number of aromatic hydroxyl groups is 2. The van der Waals surface area contributed by atoms with Crippen LogP contribution in [0.2, 0.25) is 0 Å². The molecule has 0 aromatic heterocycles. The minimum Gasteiger partial charge on any atom is -0.508 e. The van der Waals surface area contributed by atoms with Crippen LogP contribution in [0.4, 0.5) is 5.69 Å². The van der Waals surface area contributed by atoms with Crippen molar-refractivity contribution in [2.45, 2.75) is 13.8 Å². The highest BCUT2D eigenvalue weighted by atomic mass is 16.3. The number of rotatable bonds is 6. The van der Waals surface area contributed by atoms with Gasteiger partial charge in [-0.1, -0.05) is 0 Å². The third-order valence-electron chi connectivity index (χ3n) is 4.40. The Morgan fingerprint density at radius 1 is 0.667 bits per heavy atom. The molecule has 4 N–H and O–H groups in total. The minimum absolute atomic E-state index is 0.173. The molecule has 7 heteroatoms. The quantitative estimate of drug-likeness (QED) is 0.368. The minimum atomic E-state index is -0.330. The predicted molar refractivity (Wildman–Crippen MR) is 118 cm³/mol. The Kier molecular flexibility index (Phi) is 6.44. The maximum absolute atomic E-state index is 12.3. The molecule has 3 rings (SSSR count). The zero-order valence-corrected chi connectivity index (χ0v) is 16.6. The highest BCUT2D eigenvalue weighted by Gasteiger charge is 2.05. The number of phenols is 2. The van der Waals surface area contributed by atoms with Gasteiger partial charge in [-0.3, -0.25) is 10.2 Å². The number of carbonyl (C=O) groups excluding carboxylic acids is 1. The molecule has 0 radical (unpaired) electrons. The highest BCUT2D eigenvalue weighted by Crippen LogP contribution is 2.13. The number of hydrazone groups is 2. The van der Waals surface area contributed by atoms with E-state index >= 15 is 0 Å². The number of hydrogen-bond acceptors (Lipinski definition) is 6. The normalized spacial score (nSPS) is 11.8. The molecule has 0 bridgehead atoms. The lowest BCUT2D eigenvalue weighted by Gasteiger charge is -2.06. The van der Waals surface area contributed by atoms with Crippen molar-refractivity contribution in [1.82, 2.24) is 5.43 Å². The standard InChI is InChI=1S/C23H22N4O3/c1-15(17-5-11-21(28)12-6-17)24-26-20-9-3-19(4-10-20)23(30)27-25-16(2)18-7-13-22(29)14-8-18/h3-14,26,28-29H,1-2H3,(H,27,30). The molecule has 0 saturated carbocycles. The zero-order chi connectivity index (χ0) is 21.5. The van der Waals surface area contributed by atoms with Gasteiger partial charge in [-0.25, -0.2) is 5.43 Å². The fraction of sp³-hybridized carbons (Fsp3) is 0.0870. The third-order valence-corrected chi connectivity index (χ3v) is 4.40. The van der Waals surface area contributed by atoms with Crippen molar-refractivity contribution in [3.05, 3.63) is 89.5 Å². The average molecular weight is 402 g/mol. The lowest BCUT2D eigenvalue weighted by molar-refractivity contribution is 0.0955. The Balaban J connectivity index is 1.60. The summed E-state index contributed by atoms with van der Waals surface area (Å²) in [6.07, 6.45) is 0. The topological polar surface area (TPSA) is 106 Å². The van der Waals surface area contributed by atoms with Crippen molar-refractivity contribution in [3.63, 3.8) is 0 Å². The number of nitrogens with zero attached hydrogens (tertiary/aromatic N) is 2. The molecule has 3 aromatic rings. The van der Waals surface area contributed by atoms with E-state index in [1.54, 1.807) is 79.7 Å². The molecule has 0 aliphatic heterocycles. The molecule has 0 aliphatic carbocycles. The van der Waals surface area contributed by atoms with Crippen LogP contribution in [0.3, 0.4) is 0 Å². The fourth-order valence-electron chi connectivity index (χ4n) is 2.58. The van der Waals surface area contributed by atoms with Crippen molar-refractivity contribution in [1.29, 1.82) is 0 Å². The van der Waals surface area contributed by atoms with E-state index < -0.39 is 0 Å². The number of amides is 1. The van der Waals surface area contributed by atoms with Crippen LogP contribution in [0, 0.1) is 0 Å². The Morgan fingerprint density at radius 3 is 1.60 bits per heavy atom. The second-order valence-electron chi connectivity index (χ2n) is 6.62. The predicted octanol–water partition coefficient (Wildman–Crippen LogP) is 4.09. The second kappa shape index (κ2) is 9.38. The van der Waals surface area contributed by atoms with Crippen LogP contribution in [0.25, 0.3) is 0 Å². The summed E-state index contributed by atoms with van der Waals surface area (Å²) in [5, 5.41) is 27.1. The van der Waals surface area contributed by atoms with E-state index in [-0.39, 0.29) is 17.4 Å². The summed E-state index contributed by atoms with van der Waals surface area (Å²) in [6, 6.07) is 20.2. The van der Waals surface area contributed by atoms with Gasteiger partial charge in [0.2, 0.25) is 0 Å². The van der Waals surface area contributed by atoms with Crippen molar-refractivity contribution in [2.75, 3.05) is 5.43 Å². The Hall–Kier alpha value is -4.13. The van der Waals surface area contributed by atoms with Gasteiger partial charge in [0.1, 0.15) is 11.5 Å². The van der Waals surface area contributed by atoms with Gasteiger partial charge in [0.15, 0.2) is 0 Å². The molecule has 30 heavy (non-hydrogen) atoms. The van der Waals surface area contributed by atoms with Gasteiger partial charge >= 0.3 is 0 Å². The van der Waals surface area contributed by atoms with Gasteiger partial charge < -0.3 is 10.2 Å². The fourth-order valence-corrected chi connectivity index (χ4v) is 2.58. The van der Waals surface area contributed by atoms with E-state index in [9.17, 15) is 15.0 Å². The molecule has 0 unspecified atom stereocenters. The van der Waals surface area contributed by atoms with E-state index in [4.69, 9.17) is 0 Å². The number of nitrogens with one attached hydrogen (secondary N) is 2. The maximum Gasteiger partial charge on any atom is 0.271 e. The summed E-state index contributed by atoms with van der Waals surface area (Å²) in [5.41, 5.74) is 9.74. The van der Waals surface area contributed by atoms with Crippen molar-refractivity contribution < 1.29 is 15.0 Å². The van der Waals surface area contributed by atoms with Crippen molar-refractivity contribution >= 4 is 23.0 Å². The number of hydrogen-bond donors (Lipinski definition) is 4. The molecular formula is C23H22N4O3. The molecule has 7 nitrogen and oxygen atoms in total. The van der Waals surface area contributed by atoms with E-state index in [1.807, 2.05) is 6.92 Å². The molecule has 0 heterocycles. The van der Waals surface area contributed by atoms with Gasteiger partial charge in [-0.05, 0) is 97.8 Å². The Bertz CT molecular complexity index is 1070. The smallest absolute Gasteiger partial charge is 0.271 e. The molecule has 0 fully saturated rings. The van der Waals surface area contributed by atoms with E-state index in [0.29, 0.717) is 11.3 Å². The molecule has 1 amide bonds. The summed E-state index contributed by atoms with van der Waals surface area (Å²) >= 11 is 0. The first kappa shape index (κ1) is 20.6. The van der Waals surface area contributed by atoms with Gasteiger partial charge in [0.25, 0.3) is 5.91 Å². The number of phenolic OH excluding ortho intramolecular Hbond substituents is 2. The third kappa shape index (κ3) is 5.45. The molecule has 0 saturated heterocycles. The summed E-state index contributed by atoms with van der Waals surface area (Å²) in [7, 11) is 0. The molecular weight excluding hydrogens is 380 g/mol. The number of anilines is 1. The van der Waals surface area contributed by atoms with Gasteiger partial charge in [-0.15, -0.1) is 0 Å². The second-order valence-corrected chi connectivity index (χ2v) is 6.62. The van der Waals surface area contributed by atoms with E-state index in [1.165, 1.54) is 0 Å².